The van der Waals surface area contributed by atoms with Gasteiger partial charge >= 0.3 is 0 Å². The van der Waals surface area contributed by atoms with Gasteiger partial charge in [0.1, 0.15) is 5.75 Å². The Morgan fingerprint density at radius 2 is 1.89 bits per heavy atom. The van der Waals surface area contributed by atoms with Crippen molar-refractivity contribution in [2.24, 2.45) is 0 Å². The van der Waals surface area contributed by atoms with Gasteiger partial charge in [-0.2, -0.15) is 9.89 Å². The number of aromatic nitrogens is 2. The number of hydrogen-bond acceptors (Lipinski definition) is 3. The number of hydrogen-bond donors (Lipinski definition) is 2. The van der Waals surface area contributed by atoms with Crippen LogP contribution in [-0.2, 0) is 6.54 Å². The lowest BCUT2D eigenvalue weighted by atomic mass is 10.2. The lowest BCUT2D eigenvalue weighted by molar-refractivity contribution is 0.481. The minimum absolute atomic E-state index is 0.250. The van der Waals surface area contributed by atoms with Crippen molar-refractivity contribution in [1.82, 2.24) is 9.89 Å². The highest BCUT2D eigenvalue weighted by molar-refractivity contribution is 5.84. The van der Waals surface area contributed by atoms with Crippen LogP contribution < -0.4 is 5.43 Å². The van der Waals surface area contributed by atoms with E-state index in [1.807, 2.05) is 24.3 Å². The van der Waals surface area contributed by atoms with Gasteiger partial charge in [0, 0.05) is 0 Å². The fourth-order valence-electron chi connectivity index (χ4n) is 1.92. The maximum Gasteiger partial charge on any atom is 0.126 e. The van der Waals surface area contributed by atoms with Crippen LogP contribution >= 0.6 is 0 Å². The van der Waals surface area contributed by atoms with Crippen LogP contribution in [0, 0.1) is 0 Å². The zero-order valence-corrected chi connectivity index (χ0v) is 9.74. The summed E-state index contributed by atoms with van der Waals surface area (Å²) in [6, 6.07) is 15.5. The monoisotopic (exact) mass is 239 g/mol. The topological polar surface area (TPSA) is 50.1 Å². The summed E-state index contributed by atoms with van der Waals surface area (Å²) in [4.78, 5) is 1.68. The lowest BCUT2D eigenvalue weighted by Crippen LogP contribution is -2.15. The van der Waals surface area contributed by atoms with Crippen molar-refractivity contribution in [3.63, 3.8) is 0 Å². The van der Waals surface area contributed by atoms with Crippen LogP contribution in [-0.4, -0.2) is 15.0 Å². The summed E-state index contributed by atoms with van der Waals surface area (Å²) in [5.74, 6) is 0.250. The Kier molecular flexibility index (Phi) is 2.61. The van der Waals surface area contributed by atoms with E-state index in [1.165, 1.54) is 5.56 Å². The number of aromatic hydroxyl groups is 1. The first-order chi connectivity index (χ1) is 8.84. The van der Waals surface area contributed by atoms with E-state index in [1.54, 1.807) is 23.1 Å². The van der Waals surface area contributed by atoms with Crippen LogP contribution in [0.15, 0.2) is 54.7 Å². The highest BCUT2D eigenvalue weighted by atomic mass is 16.3. The normalized spacial score (nSPS) is 10.7. The van der Waals surface area contributed by atoms with E-state index in [9.17, 15) is 5.11 Å². The van der Waals surface area contributed by atoms with Crippen molar-refractivity contribution in [1.29, 1.82) is 0 Å². The fraction of sp³-hybridized carbons (Fsp3) is 0.0714. The van der Waals surface area contributed by atoms with Crippen LogP contribution in [0.2, 0.25) is 0 Å². The van der Waals surface area contributed by atoms with Gasteiger partial charge in [0.15, 0.2) is 0 Å². The smallest absolute Gasteiger partial charge is 0.126 e. The van der Waals surface area contributed by atoms with Crippen molar-refractivity contribution in [3.8, 4) is 5.75 Å². The molecule has 18 heavy (non-hydrogen) atoms. The summed E-state index contributed by atoms with van der Waals surface area (Å²) in [7, 11) is 0. The standard InChI is InChI=1S/C14H13N3O/c18-14-8-4-7-13-12(14)10-16-17(13)15-9-11-5-2-1-3-6-11/h1-8,10,15,18H,9H2. The molecule has 3 rings (SSSR count). The first-order valence-corrected chi connectivity index (χ1v) is 5.78. The Bertz CT molecular complexity index is 661. The van der Waals surface area contributed by atoms with Crippen molar-refractivity contribution >= 4 is 10.9 Å². The van der Waals surface area contributed by atoms with E-state index in [4.69, 9.17) is 0 Å². The molecule has 2 N–H and O–H groups in total. The molecular weight excluding hydrogens is 226 g/mol. The number of nitrogens with zero attached hydrogens (tertiary/aromatic N) is 2. The van der Waals surface area contributed by atoms with E-state index in [2.05, 4.69) is 22.7 Å². The number of rotatable bonds is 3. The number of fused-ring (bicyclic) bond motifs is 1. The highest BCUT2D eigenvalue weighted by Gasteiger charge is 2.05. The molecule has 0 atom stereocenters. The molecule has 0 aliphatic carbocycles. The second-order valence-electron chi connectivity index (χ2n) is 4.09. The molecule has 0 aliphatic heterocycles. The molecule has 0 bridgehead atoms. The molecule has 1 heterocycles. The van der Waals surface area contributed by atoms with Crippen LogP contribution in [0.3, 0.4) is 0 Å². The Morgan fingerprint density at radius 3 is 2.72 bits per heavy atom. The van der Waals surface area contributed by atoms with E-state index in [0.717, 1.165) is 10.9 Å². The van der Waals surface area contributed by atoms with E-state index in [-0.39, 0.29) is 5.75 Å². The van der Waals surface area contributed by atoms with Gasteiger partial charge in [-0.3, -0.25) is 0 Å². The first-order valence-electron chi connectivity index (χ1n) is 5.78. The zero-order valence-electron chi connectivity index (χ0n) is 9.74. The average Bonchev–Trinajstić information content (AvgIpc) is 2.82. The van der Waals surface area contributed by atoms with Crippen LogP contribution in [0.5, 0.6) is 5.75 Å². The third-order valence-corrected chi connectivity index (χ3v) is 2.87. The molecule has 3 aromatic rings. The van der Waals surface area contributed by atoms with Crippen LogP contribution in [0.4, 0.5) is 0 Å². The molecule has 4 nitrogen and oxygen atoms in total. The average molecular weight is 239 g/mol. The minimum atomic E-state index is 0.250. The molecule has 0 saturated heterocycles. The maximum absolute atomic E-state index is 9.69. The van der Waals surface area contributed by atoms with Crippen LogP contribution in [0.25, 0.3) is 10.9 Å². The van der Waals surface area contributed by atoms with Gasteiger partial charge in [-0.15, -0.1) is 0 Å². The highest BCUT2D eigenvalue weighted by Crippen LogP contribution is 2.22. The molecule has 0 radical (unpaired) electrons. The van der Waals surface area contributed by atoms with E-state index in [0.29, 0.717) is 6.54 Å². The second-order valence-corrected chi connectivity index (χ2v) is 4.09. The predicted molar refractivity (Wildman–Crippen MR) is 70.9 cm³/mol. The summed E-state index contributed by atoms with van der Waals surface area (Å²) in [6.07, 6.45) is 1.66. The minimum Gasteiger partial charge on any atom is -0.507 e. The third kappa shape index (κ3) is 1.88. The predicted octanol–water partition coefficient (Wildman–Crippen LogP) is 2.49. The maximum atomic E-state index is 9.69. The molecule has 4 heteroatoms. The summed E-state index contributed by atoms with van der Waals surface area (Å²) >= 11 is 0. The van der Waals surface area contributed by atoms with Crippen molar-refractivity contribution in [3.05, 3.63) is 60.3 Å². The van der Waals surface area contributed by atoms with Gasteiger partial charge in [-0.1, -0.05) is 36.4 Å². The number of nitrogens with one attached hydrogen (secondary N) is 1. The molecule has 0 spiro atoms. The van der Waals surface area contributed by atoms with Gasteiger partial charge in [0.25, 0.3) is 0 Å². The van der Waals surface area contributed by atoms with E-state index < -0.39 is 0 Å². The molecule has 2 aromatic carbocycles. The van der Waals surface area contributed by atoms with E-state index >= 15 is 0 Å². The molecule has 0 aliphatic rings. The Labute approximate surface area is 104 Å². The number of phenolic OH excluding ortho intramolecular Hbond substituents is 1. The SMILES string of the molecule is Oc1cccc2c1cnn2NCc1ccccc1. The van der Waals surface area contributed by atoms with Gasteiger partial charge < -0.3 is 10.5 Å². The Morgan fingerprint density at radius 1 is 1.06 bits per heavy atom. The second kappa shape index (κ2) is 4.41. The number of phenols is 1. The van der Waals surface area contributed by atoms with Gasteiger partial charge in [-0.25, -0.2) is 0 Å². The summed E-state index contributed by atoms with van der Waals surface area (Å²) in [5, 5.41) is 14.7. The van der Waals surface area contributed by atoms with Crippen molar-refractivity contribution in [2.75, 3.05) is 5.43 Å². The largest absolute Gasteiger partial charge is 0.507 e. The zero-order chi connectivity index (χ0) is 12.4. The first kappa shape index (κ1) is 10.7. The molecule has 90 valence electrons. The lowest BCUT2D eigenvalue weighted by Gasteiger charge is -2.07. The fourth-order valence-corrected chi connectivity index (χ4v) is 1.92. The quantitative estimate of drug-likeness (QED) is 0.738. The summed E-state index contributed by atoms with van der Waals surface area (Å²) in [5.41, 5.74) is 5.25. The van der Waals surface area contributed by atoms with Crippen LogP contribution in [0.1, 0.15) is 5.56 Å². The Hall–Kier alpha value is -2.49. The van der Waals surface area contributed by atoms with Crippen molar-refractivity contribution in [2.45, 2.75) is 6.54 Å². The summed E-state index contributed by atoms with van der Waals surface area (Å²) in [6.45, 7) is 0.688. The molecule has 0 saturated carbocycles. The molecule has 0 fully saturated rings. The molecular formula is C14H13N3O. The van der Waals surface area contributed by atoms with Gasteiger partial charge in [0.05, 0.1) is 23.6 Å². The molecule has 0 amide bonds. The number of benzene rings is 2. The van der Waals surface area contributed by atoms with Crippen molar-refractivity contribution < 1.29 is 5.11 Å². The van der Waals surface area contributed by atoms with Gasteiger partial charge in [-0.05, 0) is 17.7 Å². The van der Waals surface area contributed by atoms with Gasteiger partial charge in [0.2, 0.25) is 0 Å². The Balaban J connectivity index is 1.85. The summed E-state index contributed by atoms with van der Waals surface area (Å²) < 4.78 is 0. The third-order valence-electron chi connectivity index (χ3n) is 2.87. The molecule has 0 unspecified atom stereocenters. The molecule has 1 aromatic heterocycles.